The van der Waals surface area contributed by atoms with E-state index < -0.39 is 0 Å². The lowest BCUT2D eigenvalue weighted by Gasteiger charge is -2.24. The van der Waals surface area contributed by atoms with Crippen LogP contribution in [0.1, 0.15) is 20.8 Å². The van der Waals surface area contributed by atoms with Crippen molar-refractivity contribution in [2.24, 2.45) is 0 Å². The fraction of sp³-hybridized carbons (Fsp3) is 0.818. The second-order valence-corrected chi connectivity index (χ2v) is 3.96. The SMILES string of the molecule is CCN(C)C(C)C(C)=CCN(C)C. The van der Waals surface area contributed by atoms with Gasteiger partial charge in [-0.05, 0) is 41.5 Å². The Morgan fingerprint density at radius 2 is 1.85 bits per heavy atom. The molecule has 78 valence electrons. The fourth-order valence-corrected chi connectivity index (χ4v) is 1.12. The lowest BCUT2D eigenvalue weighted by molar-refractivity contribution is 0.301. The summed E-state index contributed by atoms with van der Waals surface area (Å²) in [5.74, 6) is 0. The maximum atomic E-state index is 2.35. The van der Waals surface area contributed by atoms with E-state index in [1.54, 1.807) is 0 Å². The topological polar surface area (TPSA) is 6.48 Å². The molecular formula is C11H24N2. The van der Waals surface area contributed by atoms with Crippen molar-refractivity contribution in [1.82, 2.24) is 9.80 Å². The normalized spacial score (nSPS) is 15.5. The van der Waals surface area contributed by atoms with Gasteiger partial charge in [0.05, 0.1) is 0 Å². The van der Waals surface area contributed by atoms with E-state index in [1.807, 2.05) is 0 Å². The number of likely N-dealkylation sites (N-methyl/N-ethyl adjacent to an activating group) is 2. The monoisotopic (exact) mass is 184 g/mol. The molecule has 1 atom stereocenters. The van der Waals surface area contributed by atoms with Crippen molar-refractivity contribution in [3.8, 4) is 0 Å². The van der Waals surface area contributed by atoms with Crippen LogP contribution in [0.2, 0.25) is 0 Å². The molecule has 0 heterocycles. The van der Waals surface area contributed by atoms with E-state index in [0.717, 1.165) is 13.1 Å². The second-order valence-electron chi connectivity index (χ2n) is 3.96. The van der Waals surface area contributed by atoms with Gasteiger partial charge < -0.3 is 9.80 Å². The Bertz CT molecular complexity index is 161. The van der Waals surface area contributed by atoms with E-state index in [1.165, 1.54) is 5.57 Å². The first kappa shape index (κ1) is 12.7. The molecular weight excluding hydrogens is 160 g/mol. The number of rotatable bonds is 5. The quantitative estimate of drug-likeness (QED) is 0.602. The van der Waals surface area contributed by atoms with Crippen LogP contribution in [-0.2, 0) is 0 Å². The average Bonchev–Trinajstić information content (AvgIpc) is 2.11. The van der Waals surface area contributed by atoms with Gasteiger partial charge in [-0.1, -0.05) is 18.6 Å². The maximum absolute atomic E-state index is 2.35. The Labute approximate surface area is 83.2 Å². The molecule has 0 radical (unpaired) electrons. The van der Waals surface area contributed by atoms with Gasteiger partial charge in [0.25, 0.3) is 0 Å². The zero-order valence-corrected chi connectivity index (χ0v) is 9.96. The molecule has 0 aromatic carbocycles. The average molecular weight is 184 g/mol. The summed E-state index contributed by atoms with van der Waals surface area (Å²) in [6, 6.07) is 0.560. The lowest BCUT2D eigenvalue weighted by Crippen LogP contribution is -2.30. The third-order valence-corrected chi connectivity index (χ3v) is 2.60. The molecule has 13 heavy (non-hydrogen) atoms. The highest BCUT2D eigenvalue weighted by molar-refractivity contribution is 5.07. The highest BCUT2D eigenvalue weighted by Gasteiger charge is 2.07. The predicted octanol–water partition coefficient (Wildman–Crippen LogP) is 1.83. The molecule has 0 rings (SSSR count). The summed E-state index contributed by atoms with van der Waals surface area (Å²) in [5.41, 5.74) is 1.46. The summed E-state index contributed by atoms with van der Waals surface area (Å²) in [7, 11) is 6.35. The smallest absolute Gasteiger partial charge is 0.0273 e. The first-order chi connectivity index (χ1) is 5.99. The molecule has 0 saturated heterocycles. The van der Waals surface area contributed by atoms with Crippen molar-refractivity contribution in [2.45, 2.75) is 26.8 Å². The van der Waals surface area contributed by atoms with E-state index in [0.29, 0.717) is 6.04 Å². The van der Waals surface area contributed by atoms with Crippen molar-refractivity contribution in [3.05, 3.63) is 11.6 Å². The van der Waals surface area contributed by atoms with Crippen LogP contribution >= 0.6 is 0 Å². The number of hydrogen-bond acceptors (Lipinski definition) is 2. The van der Waals surface area contributed by atoms with Gasteiger partial charge in [0.15, 0.2) is 0 Å². The molecule has 2 heteroatoms. The minimum Gasteiger partial charge on any atom is -0.306 e. The van der Waals surface area contributed by atoms with Crippen LogP contribution < -0.4 is 0 Å². The molecule has 0 amide bonds. The summed E-state index contributed by atoms with van der Waals surface area (Å²) < 4.78 is 0. The van der Waals surface area contributed by atoms with Gasteiger partial charge in [-0.25, -0.2) is 0 Å². The van der Waals surface area contributed by atoms with E-state index in [9.17, 15) is 0 Å². The Morgan fingerprint density at radius 3 is 2.23 bits per heavy atom. The molecule has 0 aliphatic heterocycles. The van der Waals surface area contributed by atoms with Gasteiger partial charge in [-0.15, -0.1) is 0 Å². The molecule has 0 fully saturated rings. The molecule has 0 aliphatic rings. The molecule has 0 aromatic heterocycles. The third-order valence-electron chi connectivity index (χ3n) is 2.60. The molecule has 0 spiro atoms. The van der Waals surface area contributed by atoms with Crippen LogP contribution in [0, 0.1) is 0 Å². The maximum Gasteiger partial charge on any atom is 0.0273 e. The van der Waals surface area contributed by atoms with Gasteiger partial charge in [-0.2, -0.15) is 0 Å². The first-order valence-corrected chi connectivity index (χ1v) is 5.00. The predicted molar refractivity (Wildman–Crippen MR) is 60.1 cm³/mol. The summed E-state index contributed by atoms with van der Waals surface area (Å²) in [6.07, 6.45) is 2.30. The first-order valence-electron chi connectivity index (χ1n) is 5.00. The van der Waals surface area contributed by atoms with Crippen LogP contribution in [0.3, 0.4) is 0 Å². The molecule has 0 N–H and O–H groups in total. The lowest BCUT2D eigenvalue weighted by atomic mass is 10.1. The Balaban J connectivity index is 4.07. The van der Waals surface area contributed by atoms with Crippen molar-refractivity contribution in [1.29, 1.82) is 0 Å². The minimum atomic E-state index is 0.560. The van der Waals surface area contributed by atoms with Crippen LogP contribution in [0.5, 0.6) is 0 Å². The van der Waals surface area contributed by atoms with E-state index in [-0.39, 0.29) is 0 Å². The number of nitrogens with zero attached hydrogens (tertiary/aromatic N) is 2. The summed E-state index contributed by atoms with van der Waals surface area (Å²) in [5, 5.41) is 0. The van der Waals surface area contributed by atoms with E-state index in [2.05, 4.69) is 57.8 Å². The van der Waals surface area contributed by atoms with Gasteiger partial charge in [0, 0.05) is 12.6 Å². The highest BCUT2D eigenvalue weighted by Crippen LogP contribution is 2.07. The summed E-state index contributed by atoms with van der Waals surface area (Å²) in [4.78, 5) is 4.53. The largest absolute Gasteiger partial charge is 0.306 e. The van der Waals surface area contributed by atoms with E-state index in [4.69, 9.17) is 0 Å². The zero-order chi connectivity index (χ0) is 10.4. The van der Waals surface area contributed by atoms with Crippen molar-refractivity contribution in [3.63, 3.8) is 0 Å². The molecule has 0 bridgehead atoms. The van der Waals surface area contributed by atoms with Gasteiger partial charge in [-0.3, -0.25) is 0 Å². The second kappa shape index (κ2) is 6.17. The third kappa shape index (κ3) is 5.06. The Hall–Kier alpha value is -0.340. The summed E-state index contributed by atoms with van der Waals surface area (Å²) in [6.45, 7) is 8.79. The van der Waals surface area contributed by atoms with Gasteiger partial charge >= 0.3 is 0 Å². The van der Waals surface area contributed by atoms with Crippen molar-refractivity contribution >= 4 is 0 Å². The van der Waals surface area contributed by atoms with Crippen molar-refractivity contribution in [2.75, 3.05) is 34.2 Å². The Kier molecular flexibility index (Phi) is 6.00. The minimum absolute atomic E-state index is 0.560. The fourth-order valence-electron chi connectivity index (χ4n) is 1.12. The number of hydrogen-bond donors (Lipinski definition) is 0. The van der Waals surface area contributed by atoms with Crippen LogP contribution in [0.25, 0.3) is 0 Å². The standard InChI is InChI=1S/C11H24N2/c1-7-13(6)11(3)10(2)8-9-12(4)5/h8,11H,7,9H2,1-6H3. The van der Waals surface area contributed by atoms with Crippen LogP contribution in [0.15, 0.2) is 11.6 Å². The molecule has 1 unspecified atom stereocenters. The zero-order valence-electron chi connectivity index (χ0n) is 9.96. The molecule has 0 saturated carbocycles. The van der Waals surface area contributed by atoms with Gasteiger partial charge in [0.2, 0.25) is 0 Å². The molecule has 0 aliphatic carbocycles. The van der Waals surface area contributed by atoms with Crippen LogP contribution in [-0.4, -0.2) is 50.1 Å². The van der Waals surface area contributed by atoms with Crippen LogP contribution in [0.4, 0.5) is 0 Å². The van der Waals surface area contributed by atoms with E-state index >= 15 is 0 Å². The molecule has 2 nitrogen and oxygen atoms in total. The van der Waals surface area contributed by atoms with Crippen molar-refractivity contribution < 1.29 is 0 Å². The Morgan fingerprint density at radius 1 is 1.31 bits per heavy atom. The van der Waals surface area contributed by atoms with Gasteiger partial charge in [0.1, 0.15) is 0 Å². The highest BCUT2D eigenvalue weighted by atomic mass is 15.1. The summed E-state index contributed by atoms with van der Waals surface area (Å²) >= 11 is 0. The molecule has 0 aromatic rings.